The predicted molar refractivity (Wildman–Crippen MR) is 37.7 cm³/mol. The smallest absolute Gasteiger partial charge is 0.0647 e. The van der Waals surface area contributed by atoms with Crippen molar-refractivity contribution in [2.24, 2.45) is 5.92 Å². The monoisotopic (exact) mass is 152 g/mol. The Hall–Kier alpha value is 0.580. The maximum absolute atomic E-state index is 6.00. The van der Waals surface area contributed by atoms with Gasteiger partial charge in [-0.15, -0.1) is 23.2 Å². The third-order valence-electron chi connectivity index (χ3n) is 1.81. The van der Waals surface area contributed by atoms with E-state index in [9.17, 15) is 0 Å². The molecule has 8 heavy (non-hydrogen) atoms. The lowest BCUT2D eigenvalue weighted by atomic mass is 10.1. The summed E-state index contributed by atoms with van der Waals surface area (Å²) in [4.78, 5) is -0.0540. The van der Waals surface area contributed by atoms with Crippen LogP contribution in [-0.2, 0) is 0 Å². The van der Waals surface area contributed by atoms with Gasteiger partial charge in [0.1, 0.15) is 0 Å². The molecule has 0 bridgehead atoms. The Labute approximate surface area is 60.2 Å². The highest BCUT2D eigenvalue weighted by Gasteiger charge is 2.53. The predicted octanol–water partition coefficient (Wildman–Crippen LogP) is 2.63. The Morgan fingerprint density at radius 1 is 1.62 bits per heavy atom. The lowest BCUT2D eigenvalue weighted by molar-refractivity contribution is 0.595. The second-order valence-electron chi connectivity index (χ2n) is 2.75. The molecule has 0 heterocycles. The largest absolute Gasteiger partial charge is 0.121 e. The van der Waals surface area contributed by atoms with E-state index in [0.29, 0.717) is 5.92 Å². The molecule has 0 nitrogen and oxygen atoms in total. The van der Waals surface area contributed by atoms with Crippen molar-refractivity contribution in [1.82, 2.24) is 0 Å². The lowest BCUT2D eigenvalue weighted by Gasteiger charge is -2.09. The average molecular weight is 153 g/mol. The Morgan fingerprint density at radius 2 is 2.00 bits per heavy atom. The highest BCUT2D eigenvalue weighted by molar-refractivity contribution is 6.37. The lowest BCUT2D eigenvalue weighted by Crippen LogP contribution is -2.11. The summed E-state index contributed by atoms with van der Waals surface area (Å²) in [6.07, 6.45) is 0.980. The van der Waals surface area contributed by atoms with Crippen LogP contribution in [0.25, 0.3) is 0 Å². The molecule has 0 N–H and O–H groups in total. The highest BCUT2D eigenvalue weighted by Crippen LogP contribution is 2.52. The van der Waals surface area contributed by atoms with Crippen LogP contribution in [0.2, 0.25) is 0 Å². The van der Waals surface area contributed by atoms with Gasteiger partial charge in [-0.3, -0.25) is 0 Å². The van der Waals surface area contributed by atoms with Crippen molar-refractivity contribution in [2.45, 2.75) is 30.5 Å². The van der Waals surface area contributed by atoms with Gasteiger partial charge in [0.15, 0.2) is 0 Å². The zero-order valence-corrected chi connectivity index (χ0v) is 6.63. The molecule has 0 saturated heterocycles. The standard InChI is InChI=1S/C6H10Cl2/c1-4(2)6(8)3-5(6)7/h4-5H,3H2,1-2H3. The molecule has 2 unspecified atom stereocenters. The van der Waals surface area contributed by atoms with Gasteiger partial charge in [-0.1, -0.05) is 13.8 Å². The molecule has 0 aromatic rings. The molecule has 0 aromatic heterocycles. The second kappa shape index (κ2) is 1.78. The Bertz CT molecular complexity index is 101. The zero-order chi connectivity index (χ0) is 6.36. The van der Waals surface area contributed by atoms with Gasteiger partial charge in [0.2, 0.25) is 0 Å². The molecule has 1 fully saturated rings. The number of hydrogen-bond acceptors (Lipinski definition) is 0. The van der Waals surface area contributed by atoms with Crippen LogP contribution in [0.1, 0.15) is 20.3 Å². The van der Waals surface area contributed by atoms with Crippen LogP contribution in [0, 0.1) is 5.92 Å². The van der Waals surface area contributed by atoms with Gasteiger partial charge in [-0.25, -0.2) is 0 Å². The molecule has 0 amide bonds. The van der Waals surface area contributed by atoms with E-state index in [4.69, 9.17) is 23.2 Å². The first kappa shape index (κ1) is 6.70. The van der Waals surface area contributed by atoms with Crippen LogP contribution < -0.4 is 0 Å². The van der Waals surface area contributed by atoms with Crippen molar-refractivity contribution in [3.63, 3.8) is 0 Å². The third kappa shape index (κ3) is 0.844. The van der Waals surface area contributed by atoms with Gasteiger partial charge in [0.25, 0.3) is 0 Å². The molecule has 1 aliphatic rings. The minimum Gasteiger partial charge on any atom is -0.121 e. The van der Waals surface area contributed by atoms with Crippen molar-refractivity contribution in [1.29, 1.82) is 0 Å². The number of halogens is 2. The summed E-state index contributed by atoms with van der Waals surface area (Å²) >= 11 is 11.8. The van der Waals surface area contributed by atoms with Gasteiger partial charge < -0.3 is 0 Å². The van der Waals surface area contributed by atoms with E-state index in [1.807, 2.05) is 0 Å². The van der Waals surface area contributed by atoms with Crippen molar-refractivity contribution in [3.05, 3.63) is 0 Å². The van der Waals surface area contributed by atoms with E-state index in [0.717, 1.165) is 6.42 Å². The maximum Gasteiger partial charge on any atom is 0.0647 e. The van der Waals surface area contributed by atoms with Gasteiger partial charge in [0, 0.05) is 0 Å². The minimum atomic E-state index is -0.0540. The molecule has 2 heteroatoms. The second-order valence-corrected chi connectivity index (χ2v) is 3.98. The summed E-state index contributed by atoms with van der Waals surface area (Å²) in [6.45, 7) is 4.21. The molecular weight excluding hydrogens is 143 g/mol. The number of alkyl halides is 2. The first-order valence-electron chi connectivity index (χ1n) is 2.90. The summed E-state index contributed by atoms with van der Waals surface area (Å²) < 4.78 is 0. The van der Waals surface area contributed by atoms with Gasteiger partial charge in [0.05, 0.1) is 10.3 Å². The molecule has 1 rings (SSSR count). The van der Waals surface area contributed by atoms with Crippen LogP contribution in [0.5, 0.6) is 0 Å². The van der Waals surface area contributed by atoms with Crippen LogP contribution in [-0.4, -0.2) is 10.3 Å². The summed E-state index contributed by atoms with van der Waals surface area (Å²) in [5.41, 5.74) is 0. The van der Waals surface area contributed by atoms with E-state index in [2.05, 4.69) is 13.8 Å². The number of hydrogen-bond donors (Lipinski definition) is 0. The van der Waals surface area contributed by atoms with Gasteiger partial charge >= 0.3 is 0 Å². The normalized spacial score (nSPS) is 45.4. The van der Waals surface area contributed by atoms with E-state index >= 15 is 0 Å². The molecule has 48 valence electrons. The van der Waals surface area contributed by atoms with E-state index in [1.165, 1.54) is 0 Å². The summed E-state index contributed by atoms with van der Waals surface area (Å²) in [7, 11) is 0. The van der Waals surface area contributed by atoms with Gasteiger partial charge in [-0.2, -0.15) is 0 Å². The van der Waals surface area contributed by atoms with Crippen molar-refractivity contribution < 1.29 is 0 Å². The quantitative estimate of drug-likeness (QED) is 0.508. The summed E-state index contributed by atoms with van der Waals surface area (Å²) in [5, 5.41) is 0.226. The van der Waals surface area contributed by atoms with Crippen molar-refractivity contribution in [3.8, 4) is 0 Å². The van der Waals surface area contributed by atoms with E-state index < -0.39 is 0 Å². The van der Waals surface area contributed by atoms with E-state index in [-0.39, 0.29) is 10.3 Å². The fourth-order valence-electron chi connectivity index (χ4n) is 0.813. The SMILES string of the molecule is CC(C)C1(Cl)CC1Cl. The topological polar surface area (TPSA) is 0 Å². The molecule has 0 aliphatic heterocycles. The zero-order valence-electron chi connectivity index (χ0n) is 5.12. The molecule has 2 atom stereocenters. The molecular formula is C6H10Cl2. The van der Waals surface area contributed by atoms with Gasteiger partial charge in [-0.05, 0) is 12.3 Å². The van der Waals surface area contributed by atoms with Crippen LogP contribution >= 0.6 is 23.2 Å². The average Bonchev–Trinajstić information content (AvgIpc) is 2.17. The van der Waals surface area contributed by atoms with Crippen LogP contribution in [0.15, 0.2) is 0 Å². The van der Waals surface area contributed by atoms with Crippen molar-refractivity contribution >= 4 is 23.2 Å². The molecule has 1 aliphatic carbocycles. The third-order valence-corrected chi connectivity index (χ3v) is 3.32. The maximum atomic E-state index is 6.00. The number of rotatable bonds is 1. The summed E-state index contributed by atoms with van der Waals surface area (Å²) in [6, 6.07) is 0. The molecule has 1 saturated carbocycles. The Balaban J connectivity index is 2.47. The molecule has 0 spiro atoms. The van der Waals surface area contributed by atoms with Crippen LogP contribution in [0.3, 0.4) is 0 Å². The fraction of sp³-hybridized carbons (Fsp3) is 1.00. The fourth-order valence-corrected chi connectivity index (χ4v) is 1.55. The highest BCUT2D eigenvalue weighted by atomic mass is 35.5. The molecule has 0 radical (unpaired) electrons. The Kier molecular flexibility index (Phi) is 1.49. The van der Waals surface area contributed by atoms with E-state index in [1.54, 1.807) is 0 Å². The van der Waals surface area contributed by atoms with Crippen molar-refractivity contribution in [2.75, 3.05) is 0 Å². The summed E-state index contributed by atoms with van der Waals surface area (Å²) in [5.74, 6) is 0.520. The first-order chi connectivity index (χ1) is 3.57. The van der Waals surface area contributed by atoms with Crippen LogP contribution in [0.4, 0.5) is 0 Å². The first-order valence-corrected chi connectivity index (χ1v) is 3.72. The Morgan fingerprint density at radius 3 is 2.00 bits per heavy atom. The minimum absolute atomic E-state index is 0.0540. The molecule has 0 aromatic carbocycles.